The Balaban J connectivity index is 1.15. The Hall–Kier alpha value is -3.21. The molecule has 1 unspecified atom stereocenters. The van der Waals surface area contributed by atoms with E-state index in [0.29, 0.717) is 11.4 Å². The third-order valence-corrected chi connectivity index (χ3v) is 9.99. The molecule has 0 N–H and O–H groups in total. The fourth-order valence-electron chi connectivity index (χ4n) is 4.97. The van der Waals surface area contributed by atoms with Crippen LogP contribution in [0.1, 0.15) is 26.5 Å². The van der Waals surface area contributed by atoms with Crippen molar-refractivity contribution < 1.29 is 9.31 Å². The van der Waals surface area contributed by atoms with Crippen LogP contribution in [0, 0.1) is 0 Å². The summed E-state index contributed by atoms with van der Waals surface area (Å²) in [4.78, 5) is 18.5. The van der Waals surface area contributed by atoms with Crippen molar-refractivity contribution in [3.8, 4) is 21.1 Å². The van der Waals surface area contributed by atoms with E-state index >= 15 is 0 Å². The molecule has 1 atom stereocenters. The smallest absolute Gasteiger partial charge is 0.399 e. The molecule has 1 aliphatic rings. The second-order valence-corrected chi connectivity index (χ2v) is 13.1. The first kappa shape index (κ1) is 25.7. The maximum absolute atomic E-state index is 6.68. The second-order valence-electron chi connectivity index (χ2n) is 10.6. The van der Waals surface area contributed by atoms with Gasteiger partial charge in [0.15, 0.2) is 0 Å². The number of hydrogen-bond donors (Lipinski definition) is 0. The minimum absolute atomic E-state index is 0.507. The van der Waals surface area contributed by atoms with Crippen LogP contribution in [-0.4, -0.2) is 38.3 Å². The van der Waals surface area contributed by atoms with Crippen LogP contribution in [-0.2, 0) is 15.7 Å². The molecule has 0 aliphatic carbocycles. The Morgan fingerprint density at radius 3 is 2.23 bits per heavy atom. The molecular formula is C30H24BClN4O2S2. The number of benzene rings is 2. The van der Waals surface area contributed by atoms with Crippen LogP contribution in [0.4, 0.5) is 0 Å². The number of fused-ring (bicyclic) bond motifs is 2. The molecule has 0 radical (unpaired) electrons. The number of aromatic nitrogens is 4. The van der Waals surface area contributed by atoms with Gasteiger partial charge in [-0.3, -0.25) is 9.97 Å². The maximum Gasteiger partial charge on any atom is 0.494 e. The lowest BCUT2D eigenvalue weighted by Gasteiger charge is -2.36. The average Bonchev–Trinajstić information content (AvgIpc) is 3.62. The summed E-state index contributed by atoms with van der Waals surface area (Å²) in [5.41, 5.74) is 4.63. The van der Waals surface area contributed by atoms with Crippen molar-refractivity contribution in [2.45, 2.75) is 38.4 Å². The Bertz CT molecular complexity index is 1880. The lowest BCUT2D eigenvalue weighted by Crippen LogP contribution is -2.46. The molecule has 1 saturated heterocycles. The Labute approximate surface area is 245 Å². The van der Waals surface area contributed by atoms with Gasteiger partial charge in [0.05, 0.1) is 31.6 Å². The van der Waals surface area contributed by atoms with E-state index in [1.54, 1.807) is 35.1 Å². The first-order chi connectivity index (χ1) is 19.3. The molecule has 6 nitrogen and oxygen atoms in total. The first-order valence-corrected chi connectivity index (χ1v) is 15.0. The van der Waals surface area contributed by atoms with Crippen molar-refractivity contribution in [3.63, 3.8) is 0 Å². The molecule has 10 heteroatoms. The maximum atomic E-state index is 6.68. The number of thiazole rings is 2. The van der Waals surface area contributed by atoms with Gasteiger partial charge in [-0.05, 0) is 80.8 Å². The zero-order chi connectivity index (χ0) is 27.5. The van der Waals surface area contributed by atoms with E-state index in [2.05, 4.69) is 55.0 Å². The van der Waals surface area contributed by atoms with E-state index in [1.807, 2.05) is 42.6 Å². The number of rotatable bonds is 5. The summed E-state index contributed by atoms with van der Waals surface area (Å²) in [5.74, 6) is 0. The highest BCUT2D eigenvalue weighted by molar-refractivity contribution is 7.22. The number of pyridine rings is 2. The summed E-state index contributed by atoms with van der Waals surface area (Å²) in [6.45, 7) is 6.26. The molecule has 1 fully saturated rings. The number of hydrogen-bond acceptors (Lipinski definition) is 8. The van der Waals surface area contributed by atoms with Gasteiger partial charge in [-0.15, -0.1) is 22.7 Å². The van der Waals surface area contributed by atoms with Gasteiger partial charge in [0.2, 0.25) is 0 Å². The summed E-state index contributed by atoms with van der Waals surface area (Å²) in [7, 11) is -0.507. The van der Waals surface area contributed by atoms with Crippen molar-refractivity contribution >= 4 is 67.3 Å². The summed E-state index contributed by atoms with van der Waals surface area (Å²) >= 11 is 9.48. The van der Waals surface area contributed by atoms with E-state index in [1.165, 1.54) is 0 Å². The molecule has 1 aliphatic heterocycles. The van der Waals surface area contributed by atoms with Crippen LogP contribution in [0.15, 0.2) is 79.3 Å². The quantitative estimate of drug-likeness (QED) is 0.200. The molecule has 4 aromatic heterocycles. The van der Waals surface area contributed by atoms with Crippen molar-refractivity contribution in [3.05, 3.63) is 90.0 Å². The summed E-state index contributed by atoms with van der Waals surface area (Å²) in [6.07, 6.45) is 6.00. The van der Waals surface area contributed by atoms with Crippen LogP contribution >= 0.6 is 34.3 Å². The highest BCUT2D eigenvalue weighted by atomic mass is 35.5. The molecule has 7 rings (SSSR count). The normalized spacial score (nSPS) is 18.6. The van der Waals surface area contributed by atoms with Crippen molar-refractivity contribution in [1.29, 1.82) is 0 Å². The molecule has 0 spiro atoms. The Kier molecular flexibility index (Phi) is 6.25. The average molecular weight is 583 g/mol. The zero-order valence-corrected chi connectivity index (χ0v) is 24.5. The molecule has 6 aromatic rings. The van der Waals surface area contributed by atoms with E-state index in [9.17, 15) is 0 Å². The fourth-order valence-corrected chi connectivity index (χ4v) is 7.03. The minimum atomic E-state index is -0.608. The van der Waals surface area contributed by atoms with Crippen molar-refractivity contribution in [2.24, 2.45) is 0 Å². The number of halogens is 1. The van der Waals surface area contributed by atoms with E-state index < -0.39 is 18.3 Å². The van der Waals surface area contributed by atoms with E-state index in [0.717, 1.165) is 52.7 Å². The van der Waals surface area contributed by atoms with Crippen LogP contribution in [0.3, 0.4) is 0 Å². The van der Waals surface area contributed by atoms with Crippen LogP contribution < -0.4 is 5.46 Å². The van der Waals surface area contributed by atoms with Gasteiger partial charge < -0.3 is 9.31 Å². The molecule has 0 saturated carbocycles. The van der Waals surface area contributed by atoms with Gasteiger partial charge in [-0.1, -0.05) is 17.7 Å². The van der Waals surface area contributed by atoms with Crippen LogP contribution in [0.25, 0.3) is 41.6 Å². The lowest BCUT2D eigenvalue weighted by molar-refractivity contribution is -0.00943. The molecule has 5 heterocycles. The van der Waals surface area contributed by atoms with Crippen molar-refractivity contribution in [1.82, 2.24) is 19.9 Å². The fraction of sp³-hybridized carbons (Fsp3) is 0.200. The second kappa shape index (κ2) is 9.71. The monoisotopic (exact) mass is 582 g/mol. The SMILES string of the molecule is CC1(C)OB(c2ccc3sc(-c4ccncc4)nc3c2)OC1(C)Cc1cc(-c2nc3cc(Cl)ccc3s2)ccn1. The highest BCUT2D eigenvalue weighted by Gasteiger charge is 2.54. The van der Waals surface area contributed by atoms with Gasteiger partial charge in [-0.2, -0.15) is 0 Å². The summed E-state index contributed by atoms with van der Waals surface area (Å²) in [5, 5.41) is 2.59. The predicted molar refractivity (Wildman–Crippen MR) is 164 cm³/mol. The minimum Gasteiger partial charge on any atom is -0.399 e. The third-order valence-electron chi connectivity index (χ3n) is 7.59. The lowest BCUT2D eigenvalue weighted by atomic mass is 9.79. The molecule has 40 heavy (non-hydrogen) atoms. The first-order valence-electron chi connectivity index (χ1n) is 12.9. The van der Waals surface area contributed by atoms with Crippen molar-refractivity contribution in [2.75, 3.05) is 0 Å². The van der Waals surface area contributed by atoms with Crippen LogP contribution in [0.5, 0.6) is 0 Å². The van der Waals surface area contributed by atoms with Gasteiger partial charge in [0.25, 0.3) is 0 Å². The predicted octanol–water partition coefficient (Wildman–Crippen LogP) is 7.21. The van der Waals surface area contributed by atoms with E-state index in [4.69, 9.17) is 30.9 Å². The van der Waals surface area contributed by atoms with Gasteiger partial charge in [0.1, 0.15) is 10.0 Å². The zero-order valence-electron chi connectivity index (χ0n) is 22.1. The third kappa shape index (κ3) is 4.61. The Morgan fingerprint density at radius 2 is 1.45 bits per heavy atom. The topological polar surface area (TPSA) is 70.0 Å². The summed E-state index contributed by atoms with van der Waals surface area (Å²) < 4.78 is 15.4. The molecule has 0 amide bonds. The highest BCUT2D eigenvalue weighted by Crippen LogP contribution is 2.40. The van der Waals surface area contributed by atoms with Gasteiger partial charge in [-0.25, -0.2) is 9.97 Å². The van der Waals surface area contributed by atoms with E-state index in [-0.39, 0.29) is 0 Å². The van der Waals surface area contributed by atoms with Gasteiger partial charge in [0, 0.05) is 46.9 Å². The Morgan fingerprint density at radius 1 is 0.775 bits per heavy atom. The summed E-state index contributed by atoms with van der Waals surface area (Å²) in [6, 6.07) is 20.1. The van der Waals surface area contributed by atoms with Crippen LogP contribution in [0.2, 0.25) is 5.02 Å². The molecule has 0 bridgehead atoms. The standard InChI is InChI=1S/C30H24BClN4O2S2/c1-29(2)30(3,17-22-14-19(10-13-34-22)28-36-24-16-21(32)5-7-26(24)40-28)38-31(37-29)20-4-6-25-23(15-20)35-27(39-25)18-8-11-33-12-9-18/h4-16H,17H2,1-3H3. The largest absolute Gasteiger partial charge is 0.494 e. The molecule has 198 valence electrons. The number of nitrogens with zero attached hydrogens (tertiary/aromatic N) is 4. The molecule has 2 aromatic carbocycles. The van der Waals surface area contributed by atoms with Gasteiger partial charge >= 0.3 is 7.12 Å². The molecular weight excluding hydrogens is 559 g/mol.